The van der Waals surface area contributed by atoms with E-state index >= 15 is 0 Å². The molecule has 2 aromatic rings. The number of nitrogens with zero attached hydrogens (tertiary/aromatic N) is 1. The highest BCUT2D eigenvalue weighted by atomic mass is 16.4. The highest BCUT2D eigenvalue weighted by molar-refractivity contribution is 6.25. The Morgan fingerprint density at radius 3 is 2.46 bits per heavy atom. The maximum atomic E-state index is 13.9. The van der Waals surface area contributed by atoms with Crippen LogP contribution in [0.15, 0.2) is 76.9 Å². The van der Waals surface area contributed by atoms with Gasteiger partial charge in [0.15, 0.2) is 11.6 Å². The molecule has 196 valence electrons. The number of aryl methyl sites for hydroxylation is 1. The van der Waals surface area contributed by atoms with Crippen LogP contribution in [0.2, 0.25) is 0 Å². The van der Waals surface area contributed by atoms with Gasteiger partial charge in [-0.15, -0.1) is 0 Å². The summed E-state index contributed by atoms with van der Waals surface area (Å²) in [4.78, 5) is 66.7. The molecule has 2 N–H and O–H groups in total. The van der Waals surface area contributed by atoms with Crippen LogP contribution in [0.1, 0.15) is 47.2 Å². The first-order valence-corrected chi connectivity index (χ1v) is 12.8. The summed E-state index contributed by atoms with van der Waals surface area (Å²) < 4.78 is 0. The summed E-state index contributed by atoms with van der Waals surface area (Å²) in [7, 11) is 0. The molecule has 8 nitrogen and oxygen atoms in total. The van der Waals surface area contributed by atoms with Crippen LogP contribution in [0.4, 0.5) is 5.69 Å². The van der Waals surface area contributed by atoms with Gasteiger partial charge >= 0.3 is 5.97 Å². The normalized spacial score (nSPS) is 26.2. The largest absolute Gasteiger partial charge is 0.507 e. The molecule has 2 aromatic carbocycles. The van der Waals surface area contributed by atoms with E-state index in [4.69, 9.17) is 0 Å². The van der Waals surface area contributed by atoms with Crippen molar-refractivity contribution >= 4 is 35.0 Å². The lowest BCUT2D eigenvalue weighted by Gasteiger charge is -2.42. The highest BCUT2D eigenvalue weighted by Crippen LogP contribution is 2.56. The third-order valence-corrected chi connectivity index (χ3v) is 8.50. The van der Waals surface area contributed by atoms with Gasteiger partial charge in [-0.25, -0.2) is 4.79 Å². The van der Waals surface area contributed by atoms with E-state index in [0.717, 1.165) is 10.5 Å². The summed E-state index contributed by atoms with van der Waals surface area (Å²) >= 11 is 0. The van der Waals surface area contributed by atoms with Gasteiger partial charge in [0.2, 0.25) is 11.8 Å². The monoisotopic (exact) mass is 523 g/mol. The van der Waals surface area contributed by atoms with E-state index in [1.807, 2.05) is 6.08 Å². The van der Waals surface area contributed by atoms with Crippen LogP contribution in [0.25, 0.3) is 0 Å². The molecule has 6 rings (SSSR count). The second-order valence-electron chi connectivity index (χ2n) is 10.6. The van der Waals surface area contributed by atoms with E-state index in [0.29, 0.717) is 27.8 Å². The molecule has 0 radical (unpaired) electrons. The predicted octanol–water partition coefficient (Wildman–Crippen LogP) is 4.03. The van der Waals surface area contributed by atoms with Gasteiger partial charge in [-0.1, -0.05) is 35.9 Å². The van der Waals surface area contributed by atoms with Crippen molar-refractivity contribution < 1.29 is 34.2 Å². The zero-order valence-corrected chi connectivity index (χ0v) is 21.3. The van der Waals surface area contributed by atoms with Crippen LogP contribution < -0.4 is 4.90 Å². The minimum absolute atomic E-state index is 0.0198. The summed E-state index contributed by atoms with van der Waals surface area (Å²) in [5.41, 5.74) is 2.94. The number of amides is 2. The standard InChI is InChI=1S/C31H25NO7/c1-14-5-3-8-19(27(14)34)24-18-9-10-20-25(21(18)13-22-23(33)11-15(2)28(35)26(22)24)30(37)32(29(20)36)17-7-4-6-16(12-17)31(38)39/h3-9,11-12,20-21,24-25,34H,10,13H2,1-2H3,(H,38,39). The van der Waals surface area contributed by atoms with Crippen molar-refractivity contribution in [1.82, 2.24) is 0 Å². The maximum absolute atomic E-state index is 13.9. The number of phenols is 1. The number of benzene rings is 2. The summed E-state index contributed by atoms with van der Waals surface area (Å²) in [6.07, 6.45) is 3.57. The van der Waals surface area contributed by atoms with Crippen LogP contribution in [-0.2, 0) is 19.2 Å². The number of rotatable bonds is 3. The van der Waals surface area contributed by atoms with Crippen molar-refractivity contribution in [2.24, 2.45) is 17.8 Å². The van der Waals surface area contributed by atoms with Crippen LogP contribution in [0.5, 0.6) is 5.75 Å². The molecule has 39 heavy (non-hydrogen) atoms. The molecule has 0 spiro atoms. The number of carboxylic acid groups (broad SMARTS) is 1. The molecule has 4 aliphatic rings. The zero-order valence-electron chi connectivity index (χ0n) is 21.3. The van der Waals surface area contributed by atoms with Crippen molar-refractivity contribution in [3.05, 3.63) is 93.6 Å². The number of anilines is 1. The van der Waals surface area contributed by atoms with Gasteiger partial charge in [0, 0.05) is 28.2 Å². The molecule has 3 aliphatic carbocycles. The Morgan fingerprint density at radius 1 is 0.974 bits per heavy atom. The molecule has 4 atom stereocenters. The Morgan fingerprint density at radius 2 is 1.72 bits per heavy atom. The topological polar surface area (TPSA) is 129 Å². The van der Waals surface area contributed by atoms with E-state index in [9.17, 15) is 34.2 Å². The van der Waals surface area contributed by atoms with Crippen LogP contribution in [-0.4, -0.2) is 39.6 Å². The smallest absolute Gasteiger partial charge is 0.335 e. The fourth-order valence-corrected chi connectivity index (χ4v) is 6.66. The second-order valence-corrected chi connectivity index (χ2v) is 10.6. The van der Waals surface area contributed by atoms with Gasteiger partial charge in [-0.05, 0) is 62.4 Å². The van der Waals surface area contributed by atoms with Gasteiger partial charge in [-0.3, -0.25) is 24.1 Å². The number of carbonyl (C=O) groups excluding carboxylic acids is 4. The van der Waals surface area contributed by atoms with E-state index in [1.54, 1.807) is 32.0 Å². The van der Waals surface area contributed by atoms with E-state index < -0.39 is 41.5 Å². The Hall–Kier alpha value is -4.59. The average molecular weight is 524 g/mol. The van der Waals surface area contributed by atoms with Gasteiger partial charge in [0.25, 0.3) is 0 Å². The number of hydrogen-bond acceptors (Lipinski definition) is 6. The Labute approximate surface area is 223 Å². The number of aromatic carboxylic acids is 1. The first kappa shape index (κ1) is 24.7. The molecule has 1 saturated heterocycles. The summed E-state index contributed by atoms with van der Waals surface area (Å²) in [5, 5.41) is 20.5. The molecule has 0 saturated carbocycles. The molecule has 1 aliphatic heterocycles. The van der Waals surface area contributed by atoms with E-state index in [2.05, 4.69) is 0 Å². The molecule has 1 heterocycles. The Balaban J connectivity index is 1.49. The molecule has 2 amide bonds. The van der Waals surface area contributed by atoms with Crippen molar-refractivity contribution in [3.63, 3.8) is 0 Å². The van der Waals surface area contributed by atoms with Gasteiger partial charge in [0.05, 0.1) is 23.1 Å². The number of para-hydroxylation sites is 1. The van der Waals surface area contributed by atoms with Gasteiger partial charge in [-0.2, -0.15) is 0 Å². The number of aromatic hydroxyl groups is 1. The second kappa shape index (κ2) is 8.73. The number of ketones is 2. The van der Waals surface area contributed by atoms with Crippen LogP contribution in [0.3, 0.4) is 0 Å². The van der Waals surface area contributed by atoms with Crippen molar-refractivity contribution in [3.8, 4) is 5.75 Å². The molecule has 0 aromatic heterocycles. The molecular formula is C31H25NO7. The lowest BCUT2D eigenvalue weighted by Crippen LogP contribution is -2.39. The maximum Gasteiger partial charge on any atom is 0.335 e. The number of Topliss-reactive ketones (excluding diaryl/α,β-unsaturated/α-hetero) is 1. The summed E-state index contributed by atoms with van der Waals surface area (Å²) in [5.74, 6) is -5.34. The van der Waals surface area contributed by atoms with Crippen molar-refractivity contribution in [1.29, 1.82) is 0 Å². The minimum atomic E-state index is -1.17. The first-order valence-electron chi connectivity index (χ1n) is 12.8. The summed E-state index contributed by atoms with van der Waals surface area (Å²) in [6.45, 7) is 3.35. The zero-order chi connectivity index (χ0) is 27.7. The van der Waals surface area contributed by atoms with Crippen LogP contribution >= 0.6 is 0 Å². The number of fused-ring (bicyclic) bond motifs is 3. The third kappa shape index (κ3) is 3.55. The number of imide groups is 1. The molecule has 0 bridgehead atoms. The lowest BCUT2D eigenvalue weighted by atomic mass is 9.59. The predicted molar refractivity (Wildman–Crippen MR) is 140 cm³/mol. The fourth-order valence-electron chi connectivity index (χ4n) is 6.66. The summed E-state index contributed by atoms with van der Waals surface area (Å²) in [6, 6.07) is 11.0. The van der Waals surface area contributed by atoms with E-state index in [-0.39, 0.29) is 41.4 Å². The average Bonchev–Trinajstić information content (AvgIpc) is 3.17. The Kier molecular flexibility index (Phi) is 5.53. The van der Waals surface area contributed by atoms with Crippen LogP contribution in [0, 0.1) is 24.7 Å². The highest BCUT2D eigenvalue weighted by Gasteiger charge is 2.56. The molecule has 1 fully saturated rings. The van der Waals surface area contributed by atoms with E-state index in [1.165, 1.54) is 30.3 Å². The third-order valence-electron chi connectivity index (χ3n) is 8.50. The van der Waals surface area contributed by atoms with Crippen molar-refractivity contribution in [2.75, 3.05) is 4.90 Å². The van der Waals surface area contributed by atoms with Crippen molar-refractivity contribution in [2.45, 2.75) is 32.6 Å². The quantitative estimate of drug-likeness (QED) is 0.353. The number of carbonyl (C=O) groups is 5. The van der Waals surface area contributed by atoms with Gasteiger partial charge < -0.3 is 10.2 Å². The SMILES string of the molecule is CC1=CC(=O)C2=C(C1=O)C(c1cccc(C)c1O)C1=CCC3C(=O)N(c4cccc(C(=O)O)c4)C(=O)C3C1C2. The fraction of sp³-hybridized carbons (Fsp3) is 0.258. The lowest BCUT2D eigenvalue weighted by molar-refractivity contribution is -0.123. The number of hydrogen-bond donors (Lipinski definition) is 2. The molecule has 4 unspecified atom stereocenters. The number of carboxylic acids is 1. The molecule has 8 heteroatoms. The molecular weight excluding hydrogens is 498 g/mol. The number of phenolic OH excluding ortho intramolecular Hbond substituents is 1. The van der Waals surface area contributed by atoms with Gasteiger partial charge in [0.1, 0.15) is 5.75 Å². The minimum Gasteiger partial charge on any atom is -0.507 e. The Bertz CT molecular complexity index is 1620. The first-order chi connectivity index (χ1) is 18.6. The number of allylic oxidation sites excluding steroid dienone is 6.